The molecule has 112 valence electrons. The molecule has 0 unspecified atom stereocenters. The van der Waals surface area contributed by atoms with Gasteiger partial charge in [-0.3, -0.25) is 0 Å². The van der Waals surface area contributed by atoms with Crippen molar-refractivity contribution < 1.29 is 13.5 Å². The van der Waals surface area contributed by atoms with Crippen LogP contribution in [0.3, 0.4) is 0 Å². The SMILES string of the molecule is CCOc1cccc(CNc2ccc(SC(F)F)cc2)c1. The Morgan fingerprint density at radius 1 is 1.14 bits per heavy atom. The number of thioether (sulfide) groups is 1. The summed E-state index contributed by atoms with van der Waals surface area (Å²) in [4.78, 5) is 0.564. The van der Waals surface area contributed by atoms with Crippen LogP contribution in [0.5, 0.6) is 5.75 Å². The summed E-state index contributed by atoms with van der Waals surface area (Å²) < 4.78 is 29.9. The van der Waals surface area contributed by atoms with Gasteiger partial charge in [-0.05, 0) is 48.9 Å². The minimum atomic E-state index is -2.38. The largest absolute Gasteiger partial charge is 0.494 e. The van der Waals surface area contributed by atoms with E-state index in [9.17, 15) is 8.78 Å². The van der Waals surface area contributed by atoms with Crippen LogP contribution in [0.25, 0.3) is 0 Å². The Hall–Kier alpha value is -1.75. The van der Waals surface area contributed by atoms with E-state index in [-0.39, 0.29) is 0 Å². The van der Waals surface area contributed by atoms with Gasteiger partial charge in [0.15, 0.2) is 0 Å². The molecule has 0 aliphatic carbocycles. The lowest BCUT2D eigenvalue weighted by Gasteiger charge is -2.09. The van der Waals surface area contributed by atoms with Crippen LogP contribution in [-0.4, -0.2) is 12.4 Å². The highest BCUT2D eigenvalue weighted by molar-refractivity contribution is 7.99. The van der Waals surface area contributed by atoms with E-state index in [0.29, 0.717) is 29.8 Å². The van der Waals surface area contributed by atoms with Gasteiger partial charge < -0.3 is 10.1 Å². The minimum Gasteiger partial charge on any atom is -0.494 e. The van der Waals surface area contributed by atoms with Crippen molar-refractivity contribution in [2.75, 3.05) is 11.9 Å². The van der Waals surface area contributed by atoms with Crippen molar-refractivity contribution in [1.29, 1.82) is 0 Å². The Kier molecular flexibility index (Phi) is 5.87. The third-order valence-corrected chi connectivity index (χ3v) is 3.51. The third kappa shape index (κ3) is 5.27. The maximum Gasteiger partial charge on any atom is 0.288 e. The molecule has 0 fully saturated rings. The van der Waals surface area contributed by atoms with Gasteiger partial charge in [0.25, 0.3) is 5.76 Å². The monoisotopic (exact) mass is 309 g/mol. The summed E-state index contributed by atoms with van der Waals surface area (Å²) >= 11 is 0.551. The van der Waals surface area contributed by atoms with Gasteiger partial charge in [0, 0.05) is 17.1 Å². The number of ether oxygens (including phenoxy) is 1. The van der Waals surface area contributed by atoms with E-state index >= 15 is 0 Å². The molecule has 21 heavy (non-hydrogen) atoms. The normalized spacial score (nSPS) is 10.7. The zero-order valence-electron chi connectivity index (χ0n) is 11.7. The molecule has 2 aromatic rings. The van der Waals surface area contributed by atoms with Crippen LogP contribution < -0.4 is 10.1 Å². The molecule has 5 heteroatoms. The van der Waals surface area contributed by atoms with Crippen LogP contribution in [0.2, 0.25) is 0 Å². The van der Waals surface area contributed by atoms with E-state index < -0.39 is 5.76 Å². The van der Waals surface area contributed by atoms with Crippen LogP contribution in [0, 0.1) is 0 Å². The summed E-state index contributed by atoms with van der Waals surface area (Å²) in [5, 5.41) is 3.26. The molecule has 2 nitrogen and oxygen atoms in total. The molecule has 1 N–H and O–H groups in total. The van der Waals surface area contributed by atoms with E-state index in [1.165, 1.54) is 0 Å². The van der Waals surface area contributed by atoms with Crippen molar-refractivity contribution in [2.24, 2.45) is 0 Å². The number of hydrogen-bond acceptors (Lipinski definition) is 3. The fraction of sp³-hybridized carbons (Fsp3) is 0.250. The number of hydrogen-bond donors (Lipinski definition) is 1. The average molecular weight is 309 g/mol. The summed E-state index contributed by atoms with van der Waals surface area (Å²) in [5.41, 5.74) is 2.00. The predicted molar refractivity (Wildman–Crippen MR) is 83.2 cm³/mol. The van der Waals surface area contributed by atoms with Gasteiger partial charge >= 0.3 is 0 Å². The minimum absolute atomic E-state index is 0.551. The maximum atomic E-state index is 12.2. The van der Waals surface area contributed by atoms with Gasteiger partial charge in [0.1, 0.15) is 5.75 Å². The van der Waals surface area contributed by atoms with Crippen molar-refractivity contribution in [3.8, 4) is 5.75 Å². The lowest BCUT2D eigenvalue weighted by Crippen LogP contribution is -2.00. The Balaban J connectivity index is 1.91. The number of benzene rings is 2. The van der Waals surface area contributed by atoms with E-state index in [0.717, 1.165) is 17.0 Å². The van der Waals surface area contributed by atoms with E-state index in [2.05, 4.69) is 5.32 Å². The fourth-order valence-electron chi connectivity index (χ4n) is 1.87. The van der Waals surface area contributed by atoms with E-state index in [1.807, 2.05) is 31.2 Å². The lowest BCUT2D eigenvalue weighted by atomic mass is 10.2. The standard InChI is InChI=1S/C16H17F2NOS/c1-2-20-14-5-3-4-12(10-14)11-19-13-6-8-15(9-7-13)21-16(17)18/h3-10,16,19H,2,11H2,1H3. The number of alkyl halides is 2. The molecule has 0 bridgehead atoms. The third-order valence-electron chi connectivity index (χ3n) is 2.79. The first-order chi connectivity index (χ1) is 10.2. The number of halogens is 2. The van der Waals surface area contributed by atoms with Gasteiger partial charge in [-0.2, -0.15) is 8.78 Å². The van der Waals surface area contributed by atoms with Crippen molar-refractivity contribution in [3.63, 3.8) is 0 Å². The van der Waals surface area contributed by atoms with Crippen LogP contribution in [0.1, 0.15) is 12.5 Å². The molecule has 0 radical (unpaired) electrons. The smallest absolute Gasteiger partial charge is 0.288 e. The molecule has 0 aliphatic heterocycles. The predicted octanol–water partition coefficient (Wildman–Crippen LogP) is 5.01. The first-order valence-corrected chi connectivity index (χ1v) is 7.56. The Bertz CT molecular complexity index is 560. The van der Waals surface area contributed by atoms with Gasteiger partial charge in [0.2, 0.25) is 0 Å². The van der Waals surface area contributed by atoms with Crippen LogP contribution in [-0.2, 0) is 6.54 Å². The van der Waals surface area contributed by atoms with Gasteiger partial charge in [-0.1, -0.05) is 23.9 Å². The summed E-state index contributed by atoms with van der Waals surface area (Å²) in [6, 6.07) is 14.8. The Morgan fingerprint density at radius 2 is 1.90 bits per heavy atom. The highest BCUT2D eigenvalue weighted by atomic mass is 32.2. The van der Waals surface area contributed by atoms with E-state index in [1.54, 1.807) is 24.3 Å². The zero-order valence-corrected chi connectivity index (χ0v) is 12.5. The zero-order chi connectivity index (χ0) is 15.1. The van der Waals surface area contributed by atoms with Crippen LogP contribution in [0.15, 0.2) is 53.4 Å². The summed E-state index contributed by atoms with van der Waals surface area (Å²) in [6.45, 7) is 3.24. The molecule has 0 heterocycles. The van der Waals surface area contributed by atoms with Crippen molar-refractivity contribution in [3.05, 3.63) is 54.1 Å². The summed E-state index contributed by atoms with van der Waals surface area (Å²) in [6.07, 6.45) is 0. The fourth-order valence-corrected chi connectivity index (χ4v) is 2.37. The molecular weight excluding hydrogens is 292 g/mol. The molecule has 0 atom stereocenters. The second kappa shape index (κ2) is 7.88. The lowest BCUT2D eigenvalue weighted by molar-refractivity contribution is 0.252. The molecule has 0 aromatic heterocycles. The van der Waals surface area contributed by atoms with Crippen molar-refractivity contribution in [1.82, 2.24) is 0 Å². The molecule has 0 saturated carbocycles. The van der Waals surface area contributed by atoms with Crippen molar-refractivity contribution in [2.45, 2.75) is 24.1 Å². The molecule has 2 aromatic carbocycles. The van der Waals surface area contributed by atoms with Gasteiger partial charge in [-0.25, -0.2) is 0 Å². The second-order valence-electron chi connectivity index (χ2n) is 4.34. The highest BCUT2D eigenvalue weighted by Gasteiger charge is 2.04. The molecular formula is C16H17F2NOS. The summed E-state index contributed by atoms with van der Waals surface area (Å²) in [5.74, 6) is -1.54. The topological polar surface area (TPSA) is 21.3 Å². The average Bonchev–Trinajstić information content (AvgIpc) is 2.47. The number of nitrogens with one attached hydrogen (secondary N) is 1. The number of rotatable bonds is 7. The molecule has 0 spiro atoms. The first kappa shape index (κ1) is 15.6. The maximum absolute atomic E-state index is 12.2. The molecule has 0 saturated heterocycles. The molecule has 0 amide bonds. The van der Waals surface area contributed by atoms with Gasteiger partial charge in [-0.15, -0.1) is 0 Å². The second-order valence-corrected chi connectivity index (χ2v) is 5.40. The molecule has 2 rings (SSSR count). The molecule has 0 aliphatic rings. The Labute approximate surface area is 127 Å². The quantitative estimate of drug-likeness (QED) is 0.726. The van der Waals surface area contributed by atoms with Crippen molar-refractivity contribution >= 4 is 17.4 Å². The van der Waals surface area contributed by atoms with Gasteiger partial charge in [0.05, 0.1) is 6.61 Å². The Morgan fingerprint density at radius 3 is 2.57 bits per heavy atom. The first-order valence-electron chi connectivity index (χ1n) is 6.68. The van der Waals surface area contributed by atoms with E-state index in [4.69, 9.17) is 4.74 Å². The number of anilines is 1. The van der Waals surface area contributed by atoms with Crippen LogP contribution in [0.4, 0.5) is 14.5 Å². The summed E-state index contributed by atoms with van der Waals surface area (Å²) in [7, 11) is 0. The highest BCUT2D eigenvalue weighted by Crippen LogP contribution is 2.26. The van der Waals surface area contributed by atoms with Crippen LogP contribution >= 0.6 is 11.8 Å².